The molecule has 0 bridgehead atoms. The normalized spacial score (nSPS) is 10.2. The fraction of sp³-hybridized carbons (Fsp3) is 0.125. The van der Waals surface area contributed by atoms with Crippen LogP contribution in [0.25, 0.3) is 5.57 Å². The molecule has 0 radical (unpaired) electrons. The lowest BCUT2D eigenvalue weighted by Gasteiger charge is -2.09. The number of halogens is 1. The van der Waals surface area contributed by atoms with Crippen molar-refractivity contribution in [3.63, 3.8) is 0 Å². The first kappa shape index (κ1) is 13.7. The van der Waals surface area contributed by atoms with Crippen molar-refractivity contribution in [2.24, 2.45) is 0 Å². The van der Waals surface area contributed by atoms with Crippen LogP contribution >= 0.6 is 11.6 Å². The van der Waals surface area contributed by atoms with Crippen molar-refractivity contribution in [2.45, 2.75) is 6.61 Å². The summed E-state index contributed by atoms with van der Waals surface area (Å²) in [5, 5.41) is 9.77. The van der Waals surface area contributed by atoms with Crippen LogP contribution in [-0.2, 0) is 6.61 Å². The highest BCUT2D eigenvalue weighted by atomic mass is 35.5. The first-order valence-electron chi connectivity index (χ1n) is 5.95. The largest absolute Gasteiger partial charge is 0.489 e. The van der Waals surface area contributed by atoms with Crippen LogP contribution in [0.15, 0.2) is 55.1 Å². The number of hydrogen-bond acceptors (Lipinski definition) is 2. The molecule has 0 saturated heterocycles. The molecule has 3 heteroatoms. The molecule has 2 aromatic carbocycles. The Morgan fingerprint density at radius 2 is 1.89 bits per heavy atom. The van der Waals surface area contributed by atoms with Crippen molar-refractivity contribution in [3.8, 4) is 5.75 Å². The van der Waals surface area contributed by atoms with E-state index in [0.29, 0.717) is 17.2 Å². The van der Waals surface area contributed by atoms with Crippen molar-refractivity contribution in [3.05, 3.63) is 71.3 Å². The Balaban J connectivity index is 2.03. The van der Waals surface area contributed by atoms with Crippen LogP contribution in [0.5, 0.6) is 5.75 Å². The summed E-state index contributed by atoms with van der Waals surface area (Å²) in [7, 11) is 0. The van der Waals surface area contributed by atoms with E-state index in [4.69, 9.17) is 21.4 Å². The van der Waals surface area contributed by atoms with Gasteiger partial charge in [-0.15, -0.1) is 0 Å². The van der Waals surface area contributed by atoms with Crippen molar-refractivity contribution in [1.29, 1.82) is 0 Å². The summed E-state index contributed by atoms with van der Waals surface area (Å²) in [4.78, 5) is 0. The number of hydrogen-bond donors (Lipinski definition) is 1. The molecule has 0 atom stereocenters. The lowest BCUT2D eigenvalue weighted by atomic mass is 10.1. The van der Waals surface area contributed by atoms with Gasteiger partial charge in [0.25, 0.3) is 0 Å². The molecule has 0 heterocycles. The molecule has 2 rings (SSSR count). The molecule has 0 aliphatic heterocycles. The summed E-state index contributed by atoms with van der Waals surface area (Å²) in [6.45, 7) is 4.22. The molecular formula is C16H15ClO2. The molecule has 0 spiro atoms. The predicted molar refractivity (Wildman–Crippen MR) is 78.3 cm³/mol. The van der Waals surface area contributed by atoms with E-state index in [1.165, 1.54) is 0 Å². The second kappa shape index (κ2) is 6.41. The minimum Gasteiger partial charge on any atom is -0.489 e. The average Bonchev–Trinajstić information content (AvgIpc) is 2.46. The molecule has 19 heavy (non-hydrogen) atoms. The first-order valence-corrected chi connectivity index (χ1v) is 6.33. The van der Waals surface area contributed by atoms with Crippen LogP contribution in [0.1, 0.15) is 11.1 Å². The molecule has 98 valence electrons. The third-order valence-corrected chi connectivity index (χ3v) is 3.00. The van der Waals surface area contributed by atoms with Crippen LogP contribution in [0.2, 0.25) is 5.02 Å². The molecule has 0 fully saturated rings. The van der Waals surface area contributed by atoms with E-state index in [2.05, 4.69) is 6.58 Å². The minimum absolute atomic E-state index is 0.0549. The Morgan fingerprint density at radius 1 is 1.16 bits per heavy atom. The fourth-order valence-electron chi connectivity index (χ4n) is 1.64. The number of benzene rings is 2. The van der Waals surface area contributed by atoms with Gasteiger partial charge in [-0.05, 0) is 41.0 Å². The highest BCUT2D eigenvalue weighted by Crippen LogP contribution is 2.20. The van der Waals surface area contributed by atoms with Crippen LogP contribution in [0.4, 0.5) is 0 Å². The highest BCUT2D eigenvalue weighted by Gasteiger charge is 2.01. The van der Waals surface area contributed by atoms with Gasteiger partial charge in [0.2, 0.25) is 0 Å². The van der Waals surface area contributed by atoms with E-state index in [-0.39, 0.29) is 6.61 Å². The van der Waals surface area contributed by atoms with Gasteiger partial charge in [0.05, 0.1) is 6.61 Å². The maximum Gasteiger partial charge on any atom is 0.120 e. The van der Waals surface area contributed by atoms with Gasteiger partial charge in [-0.1, -0.05) is 42.4 Å². The first-order chi connectivity index (χ1) is 9.19. The number of ether oxygens (including phenoxy) is 1. The average molecular weight is 275 g/mol. The standard InChI is InChI=1S/C16H15ClO2/c1-12(10-18)14-3-2-4-16(9-14)19-11-13-5-7-15(17)8-6-13/h2-9,18H,1,10-11H2. The van der Waals surface area contributed by atoms with Gasteiger partial charge in [0, 0.05) is 5.02 Å². The van der Waals surface area contributed by atoms with Crippen molar-refractivity contribution < 1.29 is 9.84 Å². The third kappa shape index (κ3) is 3.85. The van der Waals surface area contributed by atoms with Crippen molar-refractivity contribution in [2.75, 3.05) is 6.61 Å². The lowest BCUT2D eigenvalue weighted by Crippen LogP contribution is -1.96. The Hall–Kier alpha value is -1.77. The zero-order chi connectivity index (χ0) is 13.7. The third-order valence-electron chi connectivity index (χ3n) is 2.75. The van der Waals surface area contributed by atoms with Gasteiger partial charge in [-0.3, -0.25) is 0 Å². The second-order valence-electron chi connectivity index (χ2n) is 4.20. The fourth-order valence-corrected chi connectivity index (χ4v) is 1.77. The number of rotatable bonds is 5. The van der Waals surface area contributed by atoms with Gasteiger partial charge in [-0.2, -0.15) is 0 Å². The molecule has 0 saturated carbocycles. The van der Waals surface area contributed by atoms with Crippen LogP contribution in [0, 0.1) is 0 Å². The smallest absolute Gasteiger partial charge is 0.120 e. The molecule has 1 N–H and O–H groups in total. The van der Waals surface area contributed by atoms with Gasteiger partial charge >= 0.3 is 0 Å². The summed E-state index contributed by atoms with van der Waals surface area (Å²) in [6.07, 6.45) is 0. The van der Waals surface area contributed by atoms with E-state index in [0.717, 1.165) is 16.9 Å². The zero-order valence-corrected chi connectivity index (χ0v) is 11.2. The summed E-state index contributed by atoms with van der Waals surface area (Å²) in [5.41, 5.74) is 2.61. The highest BCUT2D eigenvalue weighted by molar-refractivity contribution is 6.30. The topological polar surface area (TPSA) is 29.5 Å². The quantitative estimate of drug-likeness (QED) is 0.895. The maximum absolute atomic E-state index is 9.06. The monoisotopic (exact) mass is 274 g/mol. The maximum atomic E-state index is 9.06. The Labute approximate surface area is 117 Å². The minimum atomic E-state index is -0.0549. The van der Waals surface area contributed by atoms with E-state index in [1.807, 2.05) is 48.5 Å². The van der Waals surface area contributed by atoms with E-state index >= 15 is 0 Å². The Kier molecular flexibility index (Phi) is 4.61. The molecule has 2 aromatic rings. The van der Waals surface area contributed by atoms with E-state index in [1.54, 1.807) is 0 Å². The van der Waals surface area contributed by atoms with Gasteiger partial charge < -0.3 is 9.84 Å². The molecular weight excluding hydrogens is 260 g/mol. The summed E-state index contributed by atoms with van der Waals surface area (Å²) in [5.74, 6) is 0.752. The SMILES string of the molecule is C=C(CO)c1cccc(OCc2ccc(Cl)cc2)c1. The number of aliphatic hydroxyl groups is 1. The molecule has 2 nitrogen and oxygen atoms in total. The summed E-state index contributed by atoms with van der Waals surface area (Å²) < 4.78 is 5.70. The Bertz CT molecular complexity index is 561. The summed E-state index contributed by atoms with van der Waals surface area (Å²) >= 11 is 5.83. The van der Waals surface area contributed by atoms with Crippen LogP contribution < -0.4 is 4.74 Å². The molecule has 0 amide bonds. The van der Waals surface area contributed by atoms with Crippen LogP contribution in [-0.4, -0.2) is 11.7 Å². The molecule has 0 aliphatic carbocycles. The summed E-state index contributed by atoms with van der Waals surface area (Å²) in [6, 6.07) is 15.1. The van der Waals surface area contributed by atoms with Crippen LogP contribution in [0.3, 0.4) is 0 Å². The lowest BCUT2D eigenvalue weighted by molar-refractivity contribution is 0.306. The van der Waals surface area contributed by atoms with E-state index < -0.39 is 0 Å². The predicted octanol–water partition coefficient (Wildman–Crippen LogP) is 3.92. The van der Waals surface area contributed by atoms with Crippen molar-refractivity contribution in [1.82, 2.24) is 0 Å². The van der Waals surface area contributed by atoms with Gasteiger partial charge in [0.1, 0.15) is 12.4 Å². The van der Waals surface area contributed by atoms with Crippen molar-refractivity contribution >= 4 is 17.2 Å². The number of aliphatic hydroxyl groups excluding tert-OH is 1. The zero-order valence-electron chi connectivity index (χ0n) is 10.5. The van der Waals surface area contributed by atoms with E-state index in [9.17, 15) is 0 Å². The molecule has 0 aromatic heterocycles. The van der Waals surface area contributed by atoms with Gasteiger partial charge in [0.15, 0.2) is 0 Å². The van der Waals surface area contributed by atoms with Gasteiger partial charge in [-0.25, -0.2) is 0 Å². The second-order valence-corrected chi connectivity index (χ2v) is 4.64. The molecule has 0 unspecified atom stereocenters. The molecule has 0 aliphatic rings. The Morgan fingerprint density at radius 3 is 2.58 bits per heavy atom.